The molecule has 133 valence electrons. The number of halogens is 2. The maximum absolute atomic E-state index is 6.40. The van der Waals surface area contributed by atoms with E-state index in [9.17, 15) is 0 Å². The third kappa shape index (κ3) is 9.54. The standard InChI is InChI=1S/C16H21N3.2BrH.Co.H3N/c1-12-6-4-8-14(18-12)10-16(3,17)11-15-9-5-7-13(2)19-15;;;;/h4-9H,10-11,17H2,1-3H3;2*1H;;1H3. The van der Waals surface area contributed by atoms with E-state index in [4.69, 9.17) is 5.73 Å². The molecule has 0 aliphatic heterocycles. The van der Waals surface area contributed by atoms with Crippen LogP contribution in [0.15, 0.2) is 36.4 Å². The van der Waals surface area contributed by atoms with Gasteiger partial charge in [-0.2, -0.15) is 0 Å². The van der Waals surface area contributed by atoms with E-state index in [0.29, 0.717) is 0 Å². The molecule has 0 saturated carbocycles. The molecule has 0 aliphatic carbocycles. The van der Waals surface area contributed by atoms with Crippen molar-refractivity contribution in [2.24, 2.45) is 5.73 Å². The Hall–Kier alpha value is -0.314. The Morgan fingerprint density at radius 3 is 1.52 bits per heavy atom. The molecule has 0 aliphatic rings. The molecule has 5 N–H and O–H groups in total. The van der Waals surface area contributed by atoms with Gasteiger partial charge < -0.3 is 11.9 Å². The van der Waals surface area contributed by atoms with E-state index in [-0.39, 0.29) is 62.4 Å². The van der Waals surface area contributed by atoms with Crippen molar-refractivity contribution in [2.45, 2.75) is 39.2 Å². The van der Waals surface area contributed by atoms with Gasteiger partial charge in [-0.1, -0.05) is 12.1 Å². The minimum absolute atomic E-state index is 0. The van der Waals surface area contributed by atoms with Crippen molar-refractivity contribution < 1.29 is 16.8 Å². The van der Waals surface area contributed by atoms with Crippen LogP contribution in [-0.4, -0.2) is 15.5 Å². The number of pyridine rings is 2. The number of hydrogen-bond acceptors (Lipinski definition) is 4. The fourth-order valence-electron chi connectivity index (χ4n) is 2.29. The zero-order valence-electron chi connectivity index (χ0n) is 13.7. The fourth-order valence-corrected chi connectivity index (χ4v) is 2.29. The maximum Gasteiger partial charge on any atom is 0.0425 e. The molecule has 0 bridgehead atoms. The molecule has 0 amide bonds. The minimum atomic E-state index is -0.332. The van der Waals surface area contributed by atoms with Crippen molar-refractivity contribution >= 4 is 34.0 Å². The van der Waals surface area contributed by atoms with E-state index in [0.717, 1.165) is 35.6 Å². The van der Waals surface area contributed by atoms with Crippen LogP contribution >= 0.6 is 34.0 Å². The Morgan fingerprint density at radius 1 is 0.870 bits per heavy atom. The first kappa shape index (κ1) is 27.5. The average Bonchev–Trinajstić information content (AvgIpc) is 2.27. The molecule has 0 fully saturated rings. The quantitative estimate of drug-likeness (QED) is 0.677. The molecular weight excluding hydrogens is 467 g/mol. The van der Waals surface area contributed by atoms with E-state index in [1.165, 1.54) is 0 Å². The first-order valence-corrected chi connectivity index (χ1v) is 6.59. The summed E-state index contributed by atoms with van der Waals surface area (Å²) in [5.41, 5.74) is 10.2. The molecule has 1 radical (unpaired) electrons. The Kier molecular flexibility index (Phi) is 14.5. The van der Waals surface area contributed by atoms with Crippen molar-refractivity contribution in [3.8, 4) is 0 Å². The molecule has 0 spiro atoms. The molecule has 2 aromatic rings. The second-order valence-electron chi connectivity index (χ2n) is 5.55. The van der Waals surface area contributed by atoms with Crippen LogP contribution in [0.25, 0.3) is 0 Å². The molecule has 0 aromatic carbocycles. The number of hydrogen-bond donors (Lipinski definition) is 2. The number of aryl methyl sites for hydroxylation is 2. The molecule has 0 saturated heterocycles. The number of aromatic nitrogens is 2. The maximum atomic E-state index is 6.40. The smallest absolute Gasteiger partial charge is 0.0425 e. The van der Waals surface area contributed by atoms with E-state index >= 15 is 0 Å². The molecule has 7 heteroatoms. The van der Waals surface area contributed by atoms with E-state index in [2.05, 4.69) is 16.9 Å². The summed E-state index contributed by atoms with van der Waals surface area (Å²) in [6, 6.07) is 12.1. The third-order valence-electron chi connectivity index (χ3n) is 3.06. The SMILES string of the molecule is Br.Br.Cc1cccc(CC(C)(N)Cc2cccc(C)n2)n1.N.[Co]. The van der Waals surface area contributed by atoms with Crippen LogP contribution in [0.5, 0.6) is 0 Å². The molecule has 2 aromatic heterocycles. The summed E-state index contributed by atoms with van der Waals surface area (Å²) in [5, 5.41) is 0. The van der Waals surface area contributed by atoms with Gasteiger partial charge in [0.2, 0.25) is 0 Å². The summed E-state index contributed by atoms with van der Waals surface area (Å²) in [6.45, 7) is 6.06. The van der Waals surface area contributed by atoms with Gasteiger partial charge in [-0.05, 0) is 45.0 Å². The van der Waals surface area contributed by atoms with Gasteiger partial charge in [0.15, 0.2) is 0 Å². The normalized spacial score (nSPS) is 9.57. The van der Waals surface area contributed by atoms with Crippen molar-refractivity contribution in [3.05, 3.63) is 59.2 Å². The third-order valence-corrected chi connectivity index (χ3v) is 3.06. The molecule has 0 unspecified atom stereocenters. The van der Waals surface area contributed by atoms with Crippen LogP contribution in [0.1, 0.15) is 29.7 Å². The molecule has 2 heterocycles. The Labute approximate surface area is 170 Å². The van der Waals surface area contributed by atoms with Crippen molar-refractivity contribution in [2.75, 3.05) is 0 Å². The van der Waals surface area contributed by atoms with Crippen LogP contribution in [0, 0.1) is 13.8 Å². The second kappa shape index (κ2) is 12.1. The van der Waals surface area contributed by atoms with Crippen molar-refractivity contribution in [3.63, 3.8) is 0 Å². The summed E-state index contributed by atoms with van der Waals surface area (Å²) >= 11 is 0. The summed E-state index contributed by atoms with van der Waals surface area (Å²) in [7, 11) is 0. The van der Waals surface area contributed by atoms with Gasteiger partial charge in [-0.15, -0.1) is 34.0 Å². The fraction of sp³-hybridized carbons (Fsp3) is 0.375. The number of rotatable bonds is 4. The summed E-state index contributed by atoms with van der Waals surface area (Å²) in [6.07, 6.45) is 1.51. The predicted molar refractivity (Wildman–Crippen MR) is 104 cm³/mol. The Balaban J connectivity index is -0.000001000. The summed E-state index contributed by atoms with van der Waals surface area (Å²) in [5.74, 6) is 0. The van der Waals surface area contributed by atoms with Gasteiger partial charge >= 0.3 is 0 Å². The van der Waals surface area contributed by atoms with Gasteiger partial charge in [0.05, 0.1) is 0 Å². The Morgan fingerprint density at radius 2 is 1.22 bits per heavy atom. The minimum Gasteiger partial charge on any atom is -0.344 e. The van der Waals surface area contributed by atoms with Crippen molar-refractivity contribution in [1.29, 1.82) is 0 Å². The predicted octanol–water partition coefficient (Wildman–Crippen LogP) is 3.91. The van der Waals surface area contributed by atoms with Crippen LogP contribution < -0.4 is 11.9 Å². The topological polar surface area (TPSA) is 86.8 Å². The van der Waals surface area contributed by atoms with Crippen LogP contribution in [0.4, 0.5) is 0 Å². The molecule has 0 atom stereocenters. The first-order valence-electron chi connectivity index (χ1n) is 6.59. The van der Waals surface area contributed by atoms with Crippen molar-refractivity contribution in [1.82, 2.24) is 16.1 Å². The van der Waals surface area contributed by atoms with Gasteiger partial charge in [-0.25, -0.2) is 0 Å². The van der Waals surface area contributed by atoms with Crippen LogP contribution in [-0.2, 0) is 29.6 Å². The zero-order valence-corrected chi connectivity index (χ0v) is 18.2. The van der Waals surface area contributed by atoms with Gasteiger partial charge in [0.1, 0.15) is 0 Å². The second-order valence-corrected chi connectivity index (χ2v) is 5.55. The molecular formula is C16H26Br2CoN4. The molecule has 23 heavy (non-hydrogen) atoms. The largest absolute Gasteiger partial charge is 0.344 e. The monoisotopic (exact) mass is 491 g/mol. The molecule has 2 rings (SSSR count). The number of nitrogens with two attached hydrogens (primary N) is 1. The van der Waals surface area contributed by atoms with Crippen LogP contribution in [0.3, 0.4) is 0 Å². The van der Waals surface area contributed by atoms with Gasteiger partial charge in [0.25, 0.3) is 0 Å². The van der Waals surface area contributed by atoms with Crippen LogP contribution in [0.2, 0.25) is 0 Å². The van der Waals surface area contributed by atoms with E-state index in [1.54, 1.807) is 0 Å². The van der Waals surface area contributed by atoms with Gasteiger partial charge in [-0.3, -0.25) is 9.97 Å². The molecule has 4 nitrogen and oxygen atoms in total. The van der Waals surface area contributed by atoms with E-state index < -0.39 is 0 Å². The van der Waals surface area contributed by atoms with E-state index in [1.807, 2.05) is 50.2 Å². The Bertz CT molecular complexity index is 530. The summed E-state index contributed by atoms with van der Waals surface area (Å²) in [4.78, 5) is 9.03. The zero-order chi connectivity index (χ0) is 13.9. The average molecular weight is 493 g/mol. The van der Waals surface area contributed by atoms with Gasteiger partial charge in [0, 0.05) is 57.9 Å². The summed E-state index contributed by atoms with van der Waals surface area (Å²) < 4.78 is 0. The number of nitrogens with zero attached hydrogens (tertiary/aromatic N) is 2. The first-order chi connectivity index (χ1) is 8.94.